The van der Waals surface area contributed by atoms with E-state index in [0.29, 0.717) is 6.42 Å². The molecule has 2 nitrogen and oxygen atoms in total. The summed E-state index contributed by atoms with van der Waals surface area (Å²) in [6, 6.07) is 11.8. The second-order valence-electron chi connectivity index (χ2n) is 5.42. The van der Waals surface area contributed by atoms with Crippen molar-refractivity contribution < 1.29 is 4.79 Å². The molecular weight excluding hydrogens is 246 g/mol. The molecule has 0 saturated heterocycles. The first-order chi connectivity index (χ1) is 9.47. The van der Waals surface area contributed by atoms with Gasteiger partial charge in [0.15, 0.2) is 5.78 Å². The lowest BCUT2D eigenvalue weighted by molar-refractivity contribution is 0.0982. The molecule has 0 spiro atoms. The third-order valence-electron chi connectivity index (χ3n) is 3.76. The van der Waals surface area contributed by atoms with Crippen LogP contribution in [0.5, 0.6) is 0 Å². The molecule has 2 aromatic rings. The number of nitrogen functional groups attached to an aromatic ring is 1. The van der Waals surface area contributed by atoms with Crippen molar-refractivity contribution in [3.8, 4) is 0 Å². The zero-order valence-corrected chi connectivity index (χ0v) is 12.4. The predicted octanol–water partition coefficient (Wildman–Crippen LogP) is 4.01. The van der Waals surface area contributed by atoms with Gasteiger partial charge in [-0.2, -0.15) is 0 Å². The number of Topliss-reactive ketones (excluding diaryl/α,β-unsaturated/α-hetero) is 1. The van der Waals surface area contributed by atoms with Crippen molar-refractivity contribution in [1.82, 2.24) is 0 Å². The molecule has 2 N–H and O–H groups in total. The quantitative estimate of drug-likeness (QED) is 0.672. The Hall–Kier alpha value is -2.09. The van der Waals surface area contributed by atoms with E-state index in [9.17, 15) is 4.79 Å². The molecule has 0 bridgehead atoms. The van der Waals surface area contributed by atoms with Crippen LogP contribution in [-0.4, -0.2) is 5.78 Å². The Morgan fingerprint density at radius 1 is 0.950 bits per heavy atom. The summed E-state index contributed by atoms with van der Waals surface area (Å²) in [4.78, 5) is 12.3. The van der Waals surface area contributed by atoms with Crippen molar-refractivity contribution in [3.05, 3.63) is 64.2 Å². The van der Waals surface area contributed by atoms with Gasteiger partial charge < -0.3 is 5.73 Å². The molecule has 0 heterocycles. The number of carbonyl (C=O) groups excluding carboxylic acids is 1. The zero-order valence-electron chi connectivity index (χ0n) is 12.4. The van der Waals surface area contributed by atoms with Gasteiger partial charge in [-0.25, -0.2) is 0 Å². The van der Waals surface area contributed by atoms with Gasteiger partial charge in [0.25, 0.3) is 0 Å². The summed E-state index contributed by atoms with van der Waals surface area (Å²) in [6.07, 6.45) is 1.29. The molecular formula is C18H21NO. The Kier molecular flexibility index (Phi) is 4.23. The molecule has 0 aromatic heterocycles. The van der Waals surface area contributed by atoms with Crippen LogP contribution in [0.25, 0.3) is 0 Å². The first kappa shape index (κ1) is 14.3. The first-order valence-corrected chi connectivity index (χ1v) is 6.93. The topological polar surface area (TPSA) is 43.1 Å². The van der Waals surface area contributed by atoms with Gasteiger partial charge in [0.1, 0.15) is 0 Å². The van der Waals surface area contributed by atoms with Crippen molar-refractivity contribution in [2.24, 2.45) is 0 Å². The maximum absolute atomic E-state index is 12.3. The average Bonchev–Trinajstić information content (AvgIpc) is 2.42. The van der Waals surface area contributed by atoms with Crippen molar-refractivity contribution in [1.29, 1.82) is 0 Å². The van der Waals surface area contributed by atoms with E-state index < -0.39 is 0 Å². The summed E-state index contributed by atoms with van der Waals surface area (Å²) >= 11 is 0. The predicted molar refractivity (Wildman–Crippen MR) is 84.2 cm³/mol. The summed E-state index contributed by atoms with van der Waals surface area (Å²) in [5.74, 6) is 0.211. The molecule has 0 atom stereocenters. The second kappa shape index (κ2) is 5.91. The van der Waals surface area contributed by atoms with E-state index in [1.54, 1.807) is 0 Å². The Balaban J connectivity index is 2.09. The number of benzene rings is 2. The van der Waals surface area contributed by atoms with Crippen LogP contribution in [0.4, 0.5) is 5.69 Å². The van der Waals surface area contributed by atoms with E-state index in [0.717, 1.165) is 28.8 Å². The molecule has 0 aliphatic heterocycles. The van der Waals surface area contributed by atoms with Crippen molar-refractivity contribution in [2.75, 3.05) is 5.73 Å². The maximum Gasteiger partial charge on any atom is 0.163 e. The highest BCUT2D eigenvalue weighted by Gasteiger charge is 2.10. The van der Waals surface area contributed by atoms with Crippen LogP contribution in [0.2, 0.25) is 0 Å². The minimum Gasteiger partial charge on any atom is -0.399 e. The van der Waals surface area contributed by atoms with E-state index in [2.05, 4.69) is 13.0 Å². The summed E-state index contributed by atoms with van der Waals surface area (Å²) in [5.41, 5.74) is 11.9. The van der Waals surface area contributed by atoms with Crippen molar-refractivity contribution in [2.45, 2.75) is 33.6 Å². The van der Waals surface area contributed by atoms with Gasteiger partial charge >= 0.3 is 0 Å². The number of carbonyl (C=O) groups is 1. The number of hydrogen-bond acceptors (Lipinski definition) is 2. The lowest BCUT2D eigenvalue weighted by Crippen LogP contribution is -2.05. The molecule has 0 aliphatic carbocycles. The molecule has 2 heteroatoms. The lowest BCUT2D eigenvalue weighted by atomic mass is 9.95. The summed E-state index contributed by atoms with van der Waals surface area (Å²) in [7, 11) is 0. The van der Waals surface area contributed by atoms with E-state index in [-0.39, 0.29) is 5.78 Å². The highest BCUT2D eigenvalue weighted by Crippen LogP contribution is 2.18. The minimum absolute atomic E-state index is 0.211. The summed E-state index contributed by atoms with van der Waals surface area (Å²) < 4.78 is 0. The number of anilines is 1. The fraction of sp³-hybridized carbons (Fsp3) is 0.278. The minimum atomic E-state index is 0.211. The van der Waals surface area contributed by atoms with Gasteiger partial charge in [0, 0.05) is 17.7 Å². The molecule has 104 valence electrons. The van der Waals surface area contributed by atoms with Crippen LogP contribution in [0.1, 0.15) is 39.0 Å². The fourth-order valence-electron chi connectivity index (χ4n) is 2.34. The number of aryl methyl sites for hydroxylation is 4. The lowest BCUT2D eigenvalue weighted by Gasteiger charge is -2.09. The van der Waals surface area contributed by atoms with Crippen LogP contribution in [0.15, 0.2) is 36.4 Å². The van der Waals surface area contributed by atoms with Crippen LogP contribution >= 0.6 is 0 Å². The molecule has 0 fully saturated rings. The molecule has 0 amide bonds. The largest absolute Gasteiger partial charge is 0.399 e. The number of nitrogens with two attached hydrogens (primary N) is 1. The molecule has 2 rings (SSSR count). The number of hydrogen-bond donors (Lipinski definition) is 1. The van der Waals surface area contributed by atoms with Crippen molar-refractivity contribution >= 4 is 11.5 Å². The van der Waals surface area contributed by atoms with Crippen LogP contribution in [0, 0.1) is 20.8 Å². The fourth-order valence-corrected chi connectivity index (χ4v) is 2.34. The molecule has 0 aliphatic rings. The highest BCUT2D eigenvalue weighted by atomic mass is 16.1. The standard InChI is InChI=1S/C18H21NO/c1-12-10-14(3)17(11-13(12)2)18(20)9-6-15-4-7-16(19)8-5-15/h4-5,7-8,10-11H,6,9,19H2,1-3H3. The SMILES string of the molecule is Cc1cc(C)c(C(=O)CCc2ccc(N)cc2)cc1C. The highest BCUT2D eigenvalue weighted by molar-refractivity contribution is 5.97. The molecule has 0 saturated carbocycles. The third-order valence-corrected chi connectivity index (χ3v) is 3.76. The molecule has 0 radical (unpaired) electrons. The van der Waals surface area contributed by atoms with E-state index in [1.807, 2.05) is 44.2 Å². The van der Waals surface area contributed by atoms with Crippen LogP contribution < -0.4 is 5.73 Å². The van der Waals surface area contributed by atoms with Gasteiger partial charge in [0.05, 0.1) is 0 Å². The van der Waals surface area contributed by atoms with Gasteiger partial charge in [-0.1, -0.05) is 18.2 Å². The Morgan fingerprint density at radius 3 is 2.20 bits per heavy atom. The van der Waals surface area contributed by atoms with Gasteiger partial charge in [-0.05, 0) is 67.6 Å². The number of rotatable bonds is 4. The van der Waals surface area contributed by atoms with Crippen LogP contribution in [-0.2, 0) is 6.42 Å². The molecule has 0 unspecified atom stereocenters. The van der Waals surface area contributed by atoms with E-state index in [1.165, 1.54) is 11.1 Å². The van der Waals surface area contributed by atoms with Crippen molar-refractivity contribution in [3.63, 3.8) is 0 Å². The Morgan fingerprint density at radius 2 is 1.55 bits per heavy atom. The first-order valence-electron chi connectivity index (χ1n) is 6.93. The second-order valence-corrected chi connectivity index (χ2v) is 5.42. The normalized spacial score (nSPS) is 10.6. The van der Waals surface area contributed by atoms with Gasteiger partial charge in [0.2, 0.25) is 0 Å². The Labute approximate surface area is 120 Å². The van der Waals surface area contributed by atoms with Gasteiger partial charge in [-0.15, -0.1) is 0 Å². The summed E-state index contributed by atoms with van der Waals surface area (Å²) in [6.45, 7) is 6.12. The summed E-state index contributed by atoms with van der Waals surface area (Å²) in [5, 5.41) is 0. The zero-order chi connectivity index (χ0) is 14.7. The third kappa shape index (κ3) is 3.27. The smallest absolute Gasteiger partial charge is 0.163 e. The van der Waals surface area contributed by atoms with Crippen LogP contribution in [0.3, 0.4) is 0 Å². The van der Waals surface area contributed by atoms with E-state index in [4.69, 9.17) is 5.73 Å². The number of ketones is 1. The average molecular weight is 267 g/mol. The maximum atomic E-state index is 12.3. The molecule has 2 aromatic carbocycles. The Bertz CT molecular complexity index is 627. The van der Waals surface area contributed by atoms with Gasteiger partial charge in [-0.3, -0.25) is 4.79 Å². The monoisotopic (exact) mass is 267 g/mol. The molecule has 20 heavy (non-hydrogen) atoms. The van der Waals surface area contributed by atoms with E-state index >= 15 is 0 Å².